The lowest BCUT2D eigenvalue weighted by molar-refractivity contribution is 0.123. The third-order valence-electron chi connectivity index (χ3n) is 4.77. The van der Waals surface area contributed by atoms with Crippen LogP contribution in [0.1, 0.15) is 37.3 Å². The minimum absolute atomic E-state index is 0. The third kappa shape index (κ3) is 4.73. The van der Waals surface area contributed by atoms with Crippen LogP contribution >= 0.6 is 40.7 Å². The predicted octanol–water partition coefficient (Wildman–Crippen LogP) is 4.27. The molecule has 1 atom stereocenters. The van der Waals surface area contributed by atoms with Crippen LogP contribution in [-0.2, 0) is 0 Å². The normalized spacial score (nSPS) is 20.6. The van der Waals surface area contributed by atoms with Crippen molar-refractivity contribution in [2.45, 2.75) is 31.7 Å². The smallest absolute Gasteiger partial charge is 0.134 e. The molecule has 0 aromatic heterocycles. The van der Waals surface area contributed by atoms with E-state index in [4.69, 9.17) is 0 Å². The summed E-state index contributed by atoms with van der Waals surface area (Å²) in [5, 5.41) is 13.8. The first-order valence-corrected chi connectivity index (χ1v) is 8.59. The van der Waals surface area contributed by atoms with Crippen molar-refractivity contribution in [3.63, 3.8) is 0 Å². The van der Waals surface area contributed by atoms with E-state index in [0.29, 0.717) is 10.4 Å². The van der Waals surface area contributed by atoms with Gasteiger partial charge in [-0.1, -0.05) is 12.8 Å². The topological polar surface area (TPSA) is 35.5 Å². The molecule has 7 heteroatoms. The number of halogens is 4. The summed E-state index contributed by atoms with van der Waals surface area (Å²) in [4.78, 5) is 2.41. The van der Waals surface area contributed by atoms with Gasteiger partial charge in [0.1, 0.15) is 11.6 Å². The molecular weight excluding hydrogens is 406 g/mol. The molecule has 1 heterocycles. The van der Waals surface area contributed by atoms with E-state index in [9.17, 15) is 9.50 Å². The van der Waals surface area contributed by atoms with Crippen molar-refractivity contribution in [3.8, 4) is 5.75 Å². The van der Waals surface area contributed by atoms with E-state index in [1.165, 1.54) is 37.8 Å². The van der Waals surface area contributed by atoms with E-state index < -0.39 is 0 Å². The van der Waals surface area contributed by atoms with Gasteiger partial charge >= 0.3 is 0 Å². The number of aromatic hydroxyl groups is 1. The van der Waals surface area contributed by atoms with Crippen LogP contribution < -0.4 is 5.32 Å². The molecular formula is C16H24BrCl2FN2O. The van der Waals surface area contributed by atoms with Crippen LogP contribution in [0.2, 0.25) is 0 Å². The summed E-state index contributed by atoms with van der Waals surface area (Å²) in [7, 11) is 0. The lowest BCUT2D eigenvalue weighted by Gasteiger charge is -2.39. The van der Waals surface area contributed by atoms with Gasteiger partial charge in [0.05, 0.1) is 4.47 Å². The molecule has 1 aliphatic carbocycles. The fourth-order valence-electron chi connectivity index (χ4n) is 3.79. The number of nitrogens with zero attached hydrogens (tertiary/aromatic N) is 1. The largest absolute Gasteiger partial charge is 0.506 e. The Morgan fingerprint density at radius 3 is 2.39 bits per heavy atom. The highest BCUT2D eigenvalue weighted by Crippen LogP contribution is 2.44. The van der Waals surface area contributed by atoms with E-state index in [-0.39, 0.29) is 42.4 Å². The molecule has 0 bridgehead atoms. The van der Waals surface area contributed by atoms with E-state index in [0.717, 1.165) is 31.7 Å². The number of rotatable bonds is 3. The zero-order valence-corrected chi connectivity index (χ0v) is 16.2. The fraction of sp³-hybridized carbons (Fsp3) is 0.625. The molecule has 2 N–H and O–H groups in total. The summed E-state index contributed by atoms with van der Waals surface area (Å²) in [5.74, 6) is 0.433. The van der Waals surface area contributed by atoms with Crippen LogP contribution in [0.25, 0.3) is 0 Å². The Morgan fingerprint density at radius 2 is 1.78 bits per heavy atom. The Hall–Kier alpha value is -0.0700. The summed E-state index contributed by atoms with van der Waals surface area (Å²) in [6.07, 6.45) is 4.82. The van der Waals surface area contributed by atoms with Crippen molar-refractivity contribution < 1.29 is 9.50 Å². The quantitative estimate of drug-likeness (QED) is 0.752. The van der Waals surface area contributed by atoms with Crippen LogP contribution in [-0.4, -0.2) is 36.2 Å². The van der Waals surface area contributed by atoms with Crippen molar-refractivity contribution in [2.24, 2.45) is 5.92 Å². The lowest BCUT2D eigenvalue weighted by Crippen LogP contribution is -2.46. The summed E-state index contributed by atoms with van der Waals surface area (Å²) in [6.45, 7) is 3.82. The van der Waals surface area contributed by atoms with Gasteiger partial charge in [-0.05, 0) is 46.8 Å². The molecule has 1 saturated carbocycles. The maximum atomic E-state index is 13.9. The highest BCUT2D eigenvalue weighted by molar-refractivity contribution is 9.10. The van der Waals surface area contributed by atoms with Crippen LogP contribution in [0.3, 0.4) is 0 Å². The fourth-order valence-corrected chi connectivity index (χ4v) is 4.24. The first-order valence-electron chi connectivity index (χ1n) is 7.79. The van der Waals surface area contributed by atoms with Gasteiger partial charge in [0, 0.05) is 37.8 Å². The van der Waals surface area contributed by atoms with E-state index >= 15 is 0 Å². The van der Waals surface area contributed by atoms with E-state index in [1.54, 1.807) is 0 Å². The van der Waals surface area contributed by atoms with Crippen molar-refractivity contribution in [3.05, 3.63) is 28.0 Å². The number of benzene rings is 1. The van der Waals surface area contributed by atoms with Gasteiger partial charge in [0.15, 0.2) is 0 Å². The molecule has 23 heavy (non-hydrogen) atoms. The van der Waals surface area contributed by atoms with Crippen molar-refractivity contribution in [2.75, 3.05) is 26.2 Å². The van der Waals surface area contributed by atoms with Crippen LogP contribution in [0, 0.1) is 11.7 Å². The summed E-state index contributed by atoms with van der Waals surface area (Å²) in [6, 6.07) is 2.98. The Kier molecular flexibility index (Phi) is 8.59. The molecule has 1 aliphatic heterocycles. The molecule has 0 unspecified atom stereocenters. The van der Waals surface area contributed by atoms with Crippen molar-refractivity contribution in [1.82, 2.24) is 10.2 Å². The Morgan fingerprint density at radius 1 is 1.17 bits per heavy atom. The van der Waals surface area contributed by atoms with Crippen molar-refractivity contribution in [1.29, 1.82) is 0 Å². The minimum atomic E-state index is -0.284. The highest BCUT2D eigenvalue weighted by Gasteiger charge is 2.34. The molecule has 0 spiro atoms. The SMILES string of the molecule is Cl.Cl.Oc1c(Br)cc(F)cc1[C@H](C1CCCC1)N1CCNCC1. The first-order chi connectivity index (χ1) is 10.2. The molecule has 132 valence electrons. The summed E-state index contributed by atoms with van der Waals surface area (Å²) >= 11 is 3.28. The monoisotopic (exact) mass is 428 g/mol. The molecule has 3 rings (SSSR count). The molecule has 1 saturated heterocycles. The summed E-state index contributed by atoms with van der Waals surface area (Å²) < 4.78 is 14.3. The second-order valence-corrected chi connectivity index (χ2v) is 6.96. The van der Waals surface area contributed by atoms with Gasteiger partial charge in [-0.2, -0.15) is 0 Å². The van der Waals surface area contributed by atoms with E-state index in [2.05, 4.69) is 26.1 Å². The van der Waals surface area contributed by atoms with Gasteiger partial charge in [-0.15, -0.1) is 24.8 Å². The average molecular weight is 430 g/mol. The van der Waals surface area contributed by atoms with Gasteiger partial charge in [0.25, 0.3) is 0 Å². The average Bonchev–Trinajstić information content (AvgIpc) is 2.99. The molecule has 2 aliphatic rings. The van der Waals surface area contributed by atoms with Gasteiger partial charge in [0.2, 0.25) is 0 Å². The number of phenols is 1. The maximum Gasteiger partial charge on any atom is 0.134 e. The third-order valence-corrected chi connectivity index (χ3v) is 5.37. The minimum Gasteiger partial charge on any atom is -0.506 e. The number of phenolic OH excluding ortho intramolecular Hbond substituents is 1. The van der Waals surface area contributed by atoms with Crippen LogP contribution in [0.5, 0.6) is 5.75 Å². The highest BCUT2D eigenvalue weighted by atomic mass is 79.9. The number of hydrogen-bond donors (Lipinski definition) is 2. The molecule has 1 aromatic rings. The molecule has 0 radical (unpaired) electrons. The van der Waals surface area contributed by atoms with Gasteiger partial charge in [-0.3, -0.25) is 4.90 Å². The second kappa shape index (κ2) is 9.42. The van der Waals surface area contributed by atoms with Gasteiger partial charge in [-0.25, -0.2) is 4.39 Å². The Bertz CT molecular complexity index is 509. The zero-order valence-electron chi connectivity index (χ0n) is 12.9. The maximum absolute atomic E-state index is 13.9. The summed E-state index contributed by atoms with van der Waals surface area (Å²) in [5.41, 5.74) is 0.746. The number of hydrogen-bond acceptors (Lipinski definition) is 3. The lowest BCUT2D eigenvalue weighted by atomic mass is 9.89. The molecule has 0 amide bonds. The molecule has 1 aromatic carbocycles. The standard InChI is InChI=1S/C16H22BrFN2O.2ClH/c17-14-10-12(18)9-13(16(14)21)15(11-3-1-2-4-11)20-7-5-19-6-8-20;;/h9-11,15,19,21H,1-8H2;2*1H/t15-;;/m0../s1. The van der Waals surface area contributed by atoms with E-state index in [1.807, 2.05) is 0 Å². The Balaban J connectivity index is 0.00000132. The predicted molar refractivity (Wildman–Crippen MR) is 99.4 cm³/mol. The van der Waals surface area contributed by atoms with Crippen molar-refractivity contribution >= 4 is 40.7 Å². The van der Waals surface area contributed by atoms with Gasteiger partial charge < -0.3 is 10.4 Å². The number of nitrogens with one attached hydrogen (secondary N) is 1. The Labute approximate surface area is 158 Å². The second-order valence-electron chi connectivity index (χ2n) is 6.10. The number of piperazine rings is 1. The zero-order chi connectivity index (χ0) is 14.8. The molecule has 2 fully saturated rings. The van der Waals surface area contributed by atoms with Crippen LogP contribution in [0.4, 0.5) is 4.39 Å². The first kappa shape index (κ1) is 21.0. The molecule has 3 nitrogen and oxygen atoms in total. The van der Waals surface area contributed by atoms with Crippen LogP contribution in [0.15, 0.2) is 16.6 Å².